The van der Waals surface area contributed by atoms with Crippen molar-refractivity contribution < 1.29 is 14.5 Å². The number of hydrogen-bond donors (Lipinski definition) is 0. The number of benzene rings is 3. The monoisotopic (exact) mass is 520 g/mol. The van der Waals surface area contributed by atoms with E-state index < -0.39 is 10.3 Å². The topological polar surface area (TPSA) is 98.3 Å². The number of ketones is 2. The van der Waals surface area contributed by atoms with Gasteiger partial charge in [0.2, 0.25) is 0 Å². The number of non-ortho nitro benzene ring substituents is 1. The fourth-order valence-corrected chi connectivity index (χ4v) is 5.92. The number of hydrogen-bond acceptors (Lipinski definition) is 6. The lowest BCUT2D eigenvalue weighted by Crippen LogP contribution is -2.50. The number of rotatable bonds is 4. The van der Waals surface area contributed by atoms with Crippen LogP contribution in [-0.4, -0.2) is 32.8 Å². The minimum atomic E-state index is -1.26. The lowest BCUT2D eigenvalue weighted by Gasteiger charge is -2.40. The van der Waals surface area contributed by atoms with E-state index in [9.17, 15) is 19.7 Å². The van der Waals surface area contributed by atoms with Crippen molar-refractivity contribution in [3.05, 3.63) is 117 Å². The van der Waals surface area contributed by atoms with Gasteiger partial charge in [0.05, 0.1) is 16.3 Å². The molecule has 0 amide bonds. The first-order chi connectivity index (χ1) is 18.6. The van der Waals surface area contributed by atoms with E-state index in [-0.39, 0.29) is 35.6 Å². The molecule has 0 unspecified atom stereocenters. The summed E-state index contributed by atoms with van der Waals surface area (Å²) in [6, 6.07) is 23.3. The van der Waals surface area contributed by atoms with Gasteiger partial charge in [0.1, 0.15) is 11.2 Å². The van der Waals surface area contributed by atoms with E-state index in [4.69, 9.17) is 5.10 Å². The summed E-state index contributed by atoms with van der Waals surface area (Å²) < 4.78 is 1.91. The maximum Gasteiger partial charge on any atom is 0.269 e. The number of anilines is 1. The first kappa shape index (κ1) is 24.7. The number of carbonyl (C=O) groups excluding carboxylic acids is 2. The zero-order valence-electron chi connectivity index (χ0n) is 22.0. The van der Waals surface area contributed by atoms with Crippen LogP contribution in [0.3, 0.4) is 0 Å². The van der Waals surface area contributed by atoms with Crippen molar-refractivity contribution in [3.63, 3.8) is 0 Å². The highest BCUT2D eigenvalue weighted by molar-refractivity contribution is 6.30. The van der Waals surface area contributed by atoms with E-state index >= 15 is 0 Å². The van der Waals surface area contributed by atoms with Gasteiger partial charge in [0, 0.05) is 47.3 Å². The summed E-state index contributed by atoms with van der Waals surface area (Å²) in [5.74, 6) is 0.524. The molecule has 0 fully saturated rings. The van der Waals surface area contributed by atoms with Gasteiger partial charge in [-0.15, -0.1) is 0 Å². The summed E-state index contributed by atoms with van der Waals surface area (Å²) in [6.07, 6.45) is 0.269. The maximum atomic E-state index is 14.0. The van der Waals surface area contributed by atoms with Gasteiger partial charge in [-0.3, -0.25) is 19.7 Å². The first-order valence-electron chi connectivity index (χ1n) is 12.9. The van der Waals surface area contributed by atoms with Crippen molar-refractivity contribution in [1.82, 2.24) is 9.78 Å². The van der Waals surface area contributed by atoms with Crippen LogP contribution in [0.15, 0.2) is 78.9 Å². The number of fused-ring (bicyclic) bond motifs is 2. The summed E-state index contributed by atoms with van der Waals surface area (Å²) in [4.78, 5) is 40.8. The molecule has 196 valence electrons. The third-order valence-corrected chi connectivity index (χ3v) is 7.71. The van der Waals surface area contributed by atoms with Gasteiger partial charge in [0.15, 0.2) is 11.6 Å². The minimum Gasteiger partial charge on any atom is -0.350 e. The number of Topliss-reactive ketones (excluding diaryl/α,β-unsaturated/α-hetero) is 2. The molecule has 1 spiro atoms. The van der Waals surface area contributed by atoms with Gasteiger partial charge >= 0.3 is 0 Å². The number of nitrogens with zero attached hydrogens (tertiary/aromatic N) is 4. The van der Waals surface area contributed by atoms with Crippen molar-refractivity contribution in [1.29, 1.82) is 0 Å². The molecule has 8 heteroatoms. The molecule has 0 N–H and O–H groups in total. The zero-order chi connectivity index (χ0) is 27.5. The molecule has 8 nitrogen and oxygen atoms in total. The number of nitro benzene ring substituents is 1. The Kier molecular flexibility index (Phi) is 5.53. The molecule has 39 heavy (non-hydrogen) atoms. The van der Waals surface area contributed by atoms with Crippen molar-refractivity contribution in [2.24, 2.45) is 5.41 Å². The van der Waals surface area contributed by atoms with Crippen LogP contribution in [0.25, 0.3) is 5.69 Å². The average Bonchev–Trinajstić information content (AvgIpc) is 3.41. The molecule has 0 bridgehead atoms. The third-order valence-electron chi connectivity index (χ3n) is 7.71. The van der Waals surface area contributed by atoms with Crippen LogP contribution in [0.1, 0.15) is 58.3 Å². The van der Waals surface area contributed by atoms with Gasteiger partial charge in [-0.25, -0.2) is 4.68 Å². The number of aromatic nitrogens is 2. The highest BCUT2D eigenvalue weighted by Gasteiger charge is 2.57. The Labute approximate surface area is 226 Å². The SMILES string of the molecule is CC(C)(C)c1nn(-c2ccccc2)c2c1CC1(CN2Cc2ccc([N+](=O)[O-])cc2)C(=O)c2ccccc2C1=O. The normalized spacial score (nSPS) is 15.9. The molecule has 2 heterocycles. The molecule has 0 atom stereocenters. The molecule has 1 aliphatic carbocycles. The lowest BCUT2D eigenvalue weighted by molar-refractivity contribution is -0.384. The molecule has 3 aromatic carbocycles. The summed E-state index contributed by atoms with van der Waals surface area (Å²) in [7, 11) is 0. The van der Waals surface area contributed by atoms with Crippen LogP contribution < -0.4 is 4.90 Å². The molecular weight excluding hydrogens is 492 g/mol. The maximum absolute atomic E-state index is 14.0. The highest BCUT2D eigenvalue weighted by atomic mass is 16.6. The molecule has 0 saturated carbocycles. The summed E-state index contributed by atoms with van der Waals surface area (Å²) in [6.45, 7) is 6.79. The Hall–Kier alpha value is -4.59. The van der Waals surface area contributed by atoms with E-state index in [2.05, 4.69) is 25.7 Å². The van der Waals surface area contributed by atoms with E-state index in [1.807, 2.05) is 35.0 Å². The predicted octanol–water partition coefficient (Wildman–Crippen LogP) is 5.71. The van der Waals surface area contributed by atoms with Crippen molar-refractivity contribution in [3.8, 4) is 5.69 Å². The first-order valence-corrected chi connectivity index (χ1v) is 12.9. The number of para-hydroxylation sites is 1. The fourth-order valence-electron chi connectivity index (χ4n) is 5.92. The Morgan fingerprint density at radius 2 is 1.49 bits per heavy atom. The quantitative estimate of drug-likeness (QED) is 0.194. The fraction of sp³-hybridized carbons (Fsp3) is 0.258. The minimum absolute atomic E-state index is 0.00972. The molecule has 0 radical (unpaired) electrons. The van der Waals surface area contributed by atoms with Crippen LogP contribution in [0.5, 0.6) is 0 Å². The third kappa shape index (κ3) is 3.86. The second-order valence-corrected chi connectivity index (χ2v) is 11.4. The van der Waals surface area contributed by atoms with Crippen molar-refractivity contribution >= 4 is 23.1 Å². The second-order valence-electron chi connectivity index (χ2n) is 11.4. The predicted molar refractivity (Wildman–Crippen MR) is 148 cm³/mol. The average molecular weight is 521 g/mol. The summed E-state index contributed by atoms with van der Waals surface area (Å²) >= 11 is 0. The smallest absolute Gasteiger partial charge is 0.269 e. The Balaban J connectivity index is 1.55. The van der Waals surface area contributed by atoms with E-state index in [1.54, 1.807) is 36.4 Å². The molecule has 6 rings (SSSR count). The number of nitro groups is 1. The molecule has 1 aromatic heterocycles. The zero-order valence-corrected chi connectivity index (χ0v) is 22.0. The van der Waals surface area contributed by atoms with Crippen LogP contribution in [0.2, 0.25) is 0 Å². The summed E-state index contributed by atoms with van der Waals surface area (Å²) in [5.41, 5.74) is 2.76. The largest absolute Gasteiger partial charge is 0.350 e. The summed E-state index contributed by atoms with van der Waals surface area (Å²) in [5, 5.41) is 16.3. The van der Waals surface area contributed by atoms with Gasteiger partial charge in [-0.05, 0) is 24.1 Å². The lowest BCUT2D eigenvalue weighted by atomic mass is 9.72. The van der Waals surface area contributed by atoms with Gasteiger partial charge in [-0.1, -0.05) is 75.4 Å². The van der Waals surface area contributed by atoms with Crippen LogP contribution in [0, 0.1) is 15.5 Å². The molecule has 1 aliphatic heterocycles. The van der Waals surface area contributed by atoms with Crippen LogP contribution in [-0.2, 0) is 18.4 Å². The van der Waals surface area contributed by atoms with Crippen LogP contribution in [0.4, 0.5) is 11.5 Å². The van der Waals surface area contributed by atoms with Crippen molar-refractivity contribution in [2.45, 2.75) is 39.2 Å². The molecular formula is C31H28N4O4. The molecule has 4 aromatic rings. The highest BCUT2D eigenvalue weighted by Crippen LogP contribution is 2.49. The van der Waals surface area contributed by atoms with E-state index in [1.165, 1.54) is 12.1 Å². The van der Waals surface area contributed by atoms with E-state index in [0.29, 0.717) is 17.7 Å². The Morgan fingerprint density at radius 3 is 2.05 bits per heavy atom. The molecule has 0 saturated heterocycles. The number of carbonyl (C=O) groups is 2. The second kappa shape index (κ2) is 8.73. The molecule has 2 aliphatic rings. The van der Waals surface area contributed by atoms with Gasteiger partial charge in [0.25, 0.3) is 5.69 Å². The van der Waals surface area contributed by atoms with E-state index in [0.717, 1.165) is 28.3 Å². The van der Waals surface area contributed by atoms with Gasteiger partial charge in [-0.2, -0.15) is 5.10 Å². The standard InChI is InChI=1S/C31H28N4O4/c1-30(2,3)26-25-17-31(27(36)23-11-7-8-12-24(23)28(31)37)19-33(18-20-13-15-22(16-14-20)35(38)39)29(25)34(32-26)21-9-5-4-6-10-21/h4-16H,17-19H2,1-3H3. The Morgan fingerprint density at radius 1 is 0.897 bits per heavy atom. The van der Waals surface area contributed by atoms with Crippen molar-refractivity contribution in [2.75, 3.05) is 11.4 Å². The van der Waals surface area contributed by atoms with Crippen LogP contribution >= 0.6 is 0 Å². The Bertz CT molecular complexity index is 1600. The van der Waals surface area contributed by atoms with Gasteiger partial charge < -0.3 is 4.90 Å².